The summed E-state index contributed by atoms with van der Waals surface area (Å²) in [5.74, 6) is 0.348. The molecule has 174 valence electrons. The molecule has 0 aliphatic carbocycles. The fraction of sp³-hybridized carbons (Fsp3) is 0.0741. The van der Waals surface area contributed by atoms with E-state index in [4.69, 9.17) is 11.6 Å². The van der Waals surface area contributed by atoms with Crippen molar-refractivity contribution in [2.24, 2.45) is 0 Å². The summed E-state index contributed by atoms with van der Waals surface area (Å²) in [6.07, 6.45) is 0. The maximum Gasteiger partial charge on any atom is 0.251 e. The van der Waals surface area contributed by atoms with E-state index in [1.807, 2.05) is 84.9 Å². The Balaban J connectivity index is 1.21. The second kappa shape index (κ2) is 10.3. The Bertz CT molecular complexity index is 1430. The summed E-state index contributed by atoms with van der Waals surface area (Å²) in [6, 6.07) is 30.5. The number of carbonyl (C=O) groups excluding carboxylic acids is 1. The Labute approximate surface area is 207 Å². The average Bonchev–Trinajstić information content (AvgIpc) is 3.31. The predicted octanol–water partition coefficient (Wildman–Crippen LogP) is 5.64. The molecule has 3 aromatic carbocycles. The highest BCUT2D eigenvalue weighted by atomic mass is 35.5. The summed E-state index contributed by atoms with van der Waals surface area (Å²) in [5.41, 5.74) is 5.02. The van der Waals surface area contributed by atoms with Crippen molar-refractivity contribution in [2.75, 3.05) is 23.7 Å². The fourth-order valence-corrected chi connectivity index (χ4v) is 3.80. The molecular weight excluding hydrogens is 460 g/mol. The van der Waals surface area contributed by atoms with Crippen molar-refractivity contribution in [3.63, 3.8) is 0 Å². The summed E-state index contributed by atoms with van der Waals surface area (Å²) < 4.78 is 1.79. The van der Waals surface area contributed by atoms with Crippen LogP contribution in [-0.4, -0.2) is 33.6 Å². The molecule has 0 unspecified atom stereocenters. The molecule has 35 heavy (non-hydrogen) atoms. The lowest BCUT2D eigenvalue weighted by Gasteiger charge is -2.08. The topological polar surface area (TPSA) is 83.4 Å². The number of pyridine rings is 1. The molecule has 0 aliphatic rings. The lowest BCUT2D eigenvalue weighted by Crippen LogP contribution is -2.28. The Kier molecular flexibility index (Phi) is 6.59. The van der Waals surface area contributed by atoms with Gasteiger partial charge in [0, 0.05) is 40.6 Å². The Morgan fingerprint density at radius 3 is 2.34 bits per heavy atom. The molecule has 0 aliphatic heterocycles. The number of aromatic nitrogens is 3. The highest BCUT2D eigenvalue weighted by molar-refractivity contribution is 6.30. The smallest absolute Gasteiger partial charge is 0.251 e. The monoisotopic (exact) mass is 482 g/mol. The van der Waals surface area contributed by atoms with E-state index in [0.29, 0.717) is 29.6 Å². The first-order valence-corrected chi connectivity index (χ1v) is 11.6. The summed E-state index contributed by atoms with van der Waals surface area (Å²) in [7, 11) is 0. The number of fused-ring (bicyclic) bond motifs is 1. The quantitative estimate of drug-likeness (QED) is 0.249. The molecule has 5 aromatic rings. The largest absolute Gasteiger partial charge is 0.383 e. The number of amides is 1. The van der Waals surface area contributed by atoms with E-state index >= 15 is 0 Å². The number of nitrogens with zero attached hydrogens (tertiary/aromatic N) is 3. The molecule has 1 amide bonds. The van der Waals surface area contributed by atoms with E-state index in [9.17, 15) is 4.79 Å². The zero-order valence-electron chi connectivity index (χ0n) is 18.8. The summed E-state index contributed by atoms with van der Waals surface area (Å²) in [4.78, 5) is 17.0. The Morgan fingerprint density at radius 1 is 0.800 bits per heavy atom. The molecule has 0 spiro atoms. The number of benzene rings is 3. The second-order valence-corrected chi connectivity index (χ2v) is 8.31. The lowest BCUT2D eigenvalue weighted by atomic mass is 10.1. The highest BCUT2D eigenvalue weighted by Crippen LogP contribution is 2.23. The van der Waals surface area contributed by atoms with Crippen molar-refractivity contribution in [1.29, 1.82) is 0 Å². The molecule has 0 bridgehead atoms. The third-order valence-electron chi connectivity index (χ3n) is 5.42. The number of hydrogen-bond acceptors (Lipinski definition) is 5. The number of carbonyl (C=O) groups is 1. The van der Waals surface area contributed by atoms with Gasteiger partial charge in [0.1, 0.15) is 0 Å². The van der Waals surface area contributed by atoms with Crippen LogP contribution < -0.4 is 16.0 Å². The molecule has 8 heteroatoms. The normalized spacial score (nSPS) is 10.8. The third-order valence-corrected chi connectivity index (χ3v) is 5.67. The Morgan fingerprint density at radius 2 is 1.57 bits per heavy atom. The van der Waals surface area contributed by atoms with Crippen molar-refractivity contribution in [1.82, 2.24) is 19.9 Å². The van der Waals surface area contributed by atoms with Gasteiger partial charge in [-0.2, -0.15) is 4.98 Å². The molecule has 7 nitrogen and oxygen atoms in total. The highest BCUT2D eigenvalue weighted by Gasteiger charge is 2.10. The van der Waals surface area contributed by atoms with Gasteiger partial charge in [0.25, 0.3) is 5.91 Å². The first-order chi connectivity index (χ1) is 17.2. The number of halogens is 1. The van der Waals surface area contributed by atoms with Crippen LogP contribution in [0, 0.1) is 0 Å². The molecule has 5 rings (SSSR count). The minimum Gasteiger partial charge on any atom is -0.383 e. The van der Waals surface area contributed by atoms with Gasteiger partial charge >= 0.3 is 0 Å². The van der Waals surface area contributed by atoms with Gasteiger partial charge in [-0.1, -0.05) is 48.0 Å². The van der Waals surface area contributed by atoms with E-state index in [-0.39, 0.29) is 5.91 Å². The molecule has 0 radical (unpaired) electrons. The van der Waals surface area contributed by atoms with E-state index in [1.54, 1.807) is 16.6 Å². The lowest BCUT2D eigenvalue weighted by molar-refractivity contribution is 0.0955. The third kappa shape index (κ3) is 5.42. The first-order valence-electron chi connectivity index (χ1n) is 11.2. The number of rotatable bonds is 8. The van der Waals surface area contributed by atoms with Crippen LogP contribution in [0.15, 0.2) is 97.1 Å². The predicted molar refractivity (Wildman–Crippen MR) is 140 cm³/mol. The molecule has 0 atom stereocenters. The molecule has 2 heterocycles. The summed E-state index contributed by atoms with van der Waals surface area (Å²) in [6.45, 7) is 1.17. The van der Waals surface area contributed by atoms with Gasteiger partial charge in [0.2, 0.25) is 5.95 Å². The summed E-state index contributed by atoms with van der Waals surface area (Å²) in [5, 5.41) is 14.7. The molecule has 2 aromatic heterocycles. The minimum atomic E-state index is -0.120. The van der Waals surface area contributed by atoms with Crippen LogP contribution in [0.1, 0.15) is 10.4 Å². The van der Waals surface area contributed by atoms with Crippen LogP contribution in [0.2, 0.25) is 5.02 Å². The SMILES string of the molecule is O=C(NCCNc1ccccc1)c1ccc(Nc2nc3cccc(-c4ccc(Cl)cc4)n3n2)cc1. The van der Waals surface area contributed by atoms with Gasteiger partial charge < -0.3 is 16.0 Å². The van der Waals surface area contributed by atoms with Crippen molar-refractivity contribution < 1.29 is 4.79 Å². The molecule has 0 saturated carbocycles. The van der Waals surface area contributed by atoms with Crippen molar-refractivity contribution in [2.45, 2.75) is 0 Å². The van der Waals surface area contributed by atoms with Crippen LogP contribution in [-0.2, 0) is 0 Å². The van der Waals surface area contributed by atoms with Crippen LogP contribution in [0.3, 0.4) is 0 Å². The van der Waals surface area contributed by atoms with Crippen LogP contribution >= 0.6 is 11.6 Å². The number of anilines is 3. The number of para-hydroxylation sites is 1. The molecule has 3 N–H and O–H groups in total. The van der Waals surface area contributed by atoms with E-state index < -0.39 is 0 Å². The van der Waals surface area contributed by atoms with E-state index in [2.05, 4.69) is 26.0 Å². The van der Waals surface area contributed by atoms with Crippen LogP contribution in [0.25, 0.3) is 16.9 Å². The summed E-state index contributed by atoms with van der Waals surface area (Å²) >= 11 is 6.02. The first kappa shape index (κ1) is 22.4. The molecule has 0 fully saturated rings. The standard InChI is InChI=1S/C27H23ClN6O/c28-21-13-9-19(10-14-21)24-7-4-8-25-32-27(33-34(24)25)31-23-15-11-20(12-16-23)26(35)30-18-17-29-22-5-2-1-3-6-22/h1-16,29H,17-18H2,(H,30,35)(H,31,33). The molecule has 0 saturated heterocycles. The number of nitrogens with one attached hydrogen (secondary N) is 3. The van der Waals surface area contributed by atoms with E-state index in [1.165, 1.54) is 0 Å². The van der Waals surface area contributed by atoms with Gasteiger partial charge in [-0.3, -0.25) is 4.79 Å². The van der Waals surface area contributed by atoms with Gasteiger partial charge in [-0.05, 0) is 60.7 Å². The average molecular weight is 483 g/mol. The number of hydrogen-bond donors (Lipinski definition) is 3. The van der Waals surface area contributed by atoms with Crippen molar-refractivity contribution in [3.05, 3.63) is 108 Å². The fourth-order valence-electron chi connectivity index (χ4n) is 3.67. The Hall–Kier alpha value is -4.36. The zero-order chi connectivity index (χ0) is 24.0. The zero-order valence-corrected chi connectivity index (χ0v) is 19.5. The van der Waals surface area contributed by atoms with Gasteiger partial charge in [-0.15, -0.1) is 5.10 Å². The van der Waals surface area contributed by atoms with Crippen molar-refractivity contribution >= 4 is 40.5 Å². The maximum atomic E-state index is 12.4. The minimum absolute atomic E-state index is 0.120. The van der Waals surface area contributed by atoms with Crippen LogP contribution in [0.5, 0.6) is 0 Å². The van der Waals surface area contributed by atoms with Crippen molar-refractivity contribution in [3.8, 4) is 11.3 Å². The molecular formula is C27H23ClN6O. The van der Waals surface area contributed by atoms with Gasteiger partial charge in [-0.25, -0.2) is 4.52 Å². The van der Waals surface area contributed by atoms with Gasteiger partial charge in [0.15, 0.2) is 5.65 Å². The van der Waals surface area contributed by atoms with Crippen LogP contribution in [0.4, 0.5) is 17.3 Å². The maximum absolute atomic E-state index is 12.4. The van der Waals surface area contributed by atoms with Gasteiger partial charge in [0.05, 0.1) is 5.69 Å². The van der Waals surface area contributed by atoms with E-state index in [0.717, 1.165) is 28.3 Å². The second-order valence-electron chi connectivity index (χ2n) is 7.87.